The van der Waals surface area contributed by atoms with E-state index in [-0.39, 0.29) is 23.2 Å². The molecule has 0 fully saturated rings. The van der Waals surface area contributed by atoms with E-state index in [2.05, 4.69) is 4.74 Å². The number of benzene rings is 2. The van der Waals surface area contributed by atoms with Crippen LogP contribution in [-0.2, 0) is 15.7 Å². The highest BCUT2D eigenvalue weighted by atomic mass is 19.4. The number of carbonyl (C=O) groups excluding carboxylic acids is 3. The fourth-order valence-electron chi connectivity index (χ4n) is 2.82. The summed E-state index contributed by atoms with van der Waals surface area (Å²) in [5.41, 5.74) is -0.121. The molecular formula is C20H14F3NO4. The van der Waals surface area contributed by atoms with Gasteiger partial charge in [-0.15, -0.1) is 0 Å². The highest BCUT2D eigenvalue weighted by Gasteiger charge is 2.36. The van der Waals surface area contributed by atoms with Crippen LogP contribution in [0.3, 0.4) is 0 Å². The zero-order chi connectivity index (χ0) is 20.5. The second-order valence-corrected chi connectivity index (χ2v) is 6.02. The number of halogens is 3. The summed E-state index contributed by atoms with van der Waals surface area (Å²) >= 11 is 0. The molecule has 0 saturated carbocycles. The van der Waals surface area contributed by atoms with E-state index in [0.717, 1.165) is 24.1 Å². The van der Waals surface area contributed by atoms with Gasteiger partial charge >= 0.3 is 12.1 Å². The maximum atomic E-state index is 12.7. The first kappa shape index (κ1) is 19.3. The number of fused-ring (bicyclic) bond motifs is 1. The number of nitrogens with zero attached hydrogens (tertiary/aromatic N) is 1. The number of amides is 2. The van der Waals surface area contributed by atoms with Gasteiger partial charge in [0.2, 0.25) is 0 Å². The minimum Gasteiger partial charge on any atom is -0.466 e. The van der Waals surface area contributed by atoms with Crippen molar-refractivity contribution in [3.63, 3.8) is 0 Å². The first-order valence-corrected chi connectivity index (χ1v) is 8.13. The molecule has 1 aliphatic rings. The topological polar surface area (TPSA) is 63.7 Å². The standard InChI is InChI=1S/C20H14F3NO4/c1-28-19(27)13(10-12-6-8-14(9-7-12)20(21,22)23)11-24-17(25)15-4-2-3-5-16(15)18(24)26/h2-10H,11H2,1H3/b13-10-. The van der Waals surface area contributed by atoms with Gasteiger partial charge in [-0.2, -0.15) is 13.2 Å². The third-order valence-corrected chi connectivity index (χ3v) is 4.23. The normalized spacial score (nSPS) is 14.3. The van der Waals surface area contributed by atoms with Crippen molar-refractivity contribution in [3.8, 4) is 0 Å². The van der Waals surface area contributed by atoms with Crippen LogP contribution < -0.4 is 0 Å². The Hall–Kier alpha value is -3.42. The minimum absolute atomic E-state index is 0.0447. The third-order valence-electron chi connectivity index (χ3n) is 4.23. The smallest absolute Gasteiger partial charge is 0.416 e. The first-order valence-electron chi connectivity index (χ1n) is 8.13. The number of alkyl halides is 3. The molecule has 0 saturated heterocycles. The molecule has 2 aromatic carbocycles. The average Bonchev–Trinajstić information content (AvgIpc) is 2.91. The van der Waals surface area contributed by atoms with Crippen LogP contribution in [0.2, 0.25) is 0 Å². The first-order chi connectivity index (χ1) is 13.2. The molecule has 0 atom stereocenters. The number of ether oxygens (including phenoxy) is 1. The molecule has 0 spiro atoms. The molecule has 2 aromatic rings. The van der Waals surface area contributed by atoms with E-state index in [1.165, 1.54) is 30.3 Å². The number of hydrogen-bond donors (Lipinski definition) is 0. The minimum atomic E-state index is -4.48. The van der Waals surface area contributed by atoms with Crippen LogP contribution in [0.4, 0.5) is 13.2 Å². The lowest BCUT2D eigenvalue weighted by molar-refractivity contribution is -0.138. The summed E-state index contributed by atoms with van der Waals surface area (Å²) in [7, 11) is 1.13. The van der Waals surface area contributed by atoms with Crippen LogP contribution in [0, 0.1) is 0 Å². The Balaban J connectivity index is 1.90. The molecule has 0 bridgehead atoms. The Morgan fingerprint density at radius 3 is 2.00 bits per heavy atom. The van der Waals surface area contributed by atoms with Crippen molar-refractivity contribution < 1.29 is 32.3 Å². The van der Waals surface area contributed by atoms with Crippen molar-refractivity contribution in [2.24, 2.45) is 0 Å². The van der Waals surface area contributed by atoms with Crippen molar-refractivity contribution in [1.82, 2.24) is 4.90 Å². The molecule has 1 heterocycles. The molecule has 28 heavy (non-hydrogen) atoms. The number of methoxy groups -OCH3 is 1. The summed E-state index contributed by atoms with van der Waals surface area (Å²) < 4.78 is 42.7. The van der Waals surface area contributed by atoms with Gasteiger partial charge in [0.05, 0.1) is 35.9 Å². The zero-order valence-corrected chi connectivity index (χ0v) is 14.6. The molecule has 5 nitrogen and oxygen atoms in total. The Labute approximate surface area is 158 Å². The van der Waals surface area contributed by atoms with Crippen molar-refractivity contribution in [2.45, 2.75) is 6.18 Å². The Morgan fingerprint density at radius 1 is 1.00 bits per heavy atom. The monoisotopic (exact) mass is 389 g/mol. The predicted octanol–water partition coefficient (Wildman–Crippen LogP) is 3.56. The van der Waals surface area contributed by atoms with Gasteiger partial charge in [0.1, 0.15) is 0 Å². The molecule has 0 radical (unpaired) electrons. The SMILES string of the molecule is COC(=O)/C(=C\c1ccc(C(F)(F)F)cc1)CN1C(=O)c2ccccc2C1=O. The molecule has 8 heteroatoms. The average molecular weight is 389 g/mol. The van der Waals surface area contributed by atoms with Gasteiger partial charge in [0, 0.05) is 0 Å². The molecule has 0 aromatic heterocycles. The van der Waals surface area contributed by atoms with Gasteiger partial charge in [-0.25, -0.2) is 4.79 Å². The van der Waals surface area contributed by atoms with E-state index in [1.807, 2.05) is 0 Å². The van der Waals surface area contributed by atoms with E-state index in [9.17, 15) is 27.6 Å². The number of rotatable bonds is 4. The Morgan fingerprint density at radius 2 is 1.54 bits per heavy atom. The summed E-state index contributed by atoms with van der Waals surface area (Å²) in [6, 6.07) is 10.4. The van der Waals surface area contributed by atoms with Crippen molar-refractivity contribution >= 4 is 23.9 Å². The molecule has 0 N–H and O–H groups in total. The number of imide groups is 1. The van der Waals surface area contributed by atoms with Gasteiger partial charge in [0.15, 0.2) is 0 Å². The Kier molecular flexibility index (Phi) is 5.04. The molecular weight excluding hydrogens is 375 g/mol. The van der Waals surface area contributed by atoms with Crippen LogP contribution >= 0.6 is 0 Å². The van der Waals surface area contributed by atoms with Gasteiger partial charge in [-0.05, 0) is 35.9 Å². The molecule has 0 aliphatic carbocycles. The molecule has 1 aliphatic heterocycles. The second-order valence-electron chi connectivity index (χ2n) is 6.02. The number of esters is 1. The highest BCUT2D eigenvalue weighted by molar-refractivity contribution is 6.21. The lowest BCUT2D eigenvalue weighted by Crippen LogP contribution is -2.33. The van der Waals surface area contributed by atoms with E-state index in [1.54, 1.807) is 12.1 Å². The zero-order valence-electron chi connectivity index (χ0n) is 14.6. The van der Waals surface area contributed by atoms with Gasteiger partial charge < -0.3 is 4.74 Å². The number of carbonyl (C=O) groups is 3. The lowest BCUT2D eigenvalue weighted by Gasteiger charge is -2.15. The summed E-state index contributed by atoms with van der Waals surface area (Å²) in [6.07, 6.45) is -3.19. The molecule has 0 unspecified atom stereocenters. The summed E-state index contributed by atoms with van der Waals surface area (Å²) in [5, 5.41) is 0. The van der Waals surface area contributed by atoms with E-state index >= 15 is 0 Å². The van der Waals surface area contributed by atoms with E-state index < -0.39 is 29.5 Å². The fraction of sp³-hybridized carbons (Fsp3) is 0.150. The second kappa shape index (κ2) is 7.30. The van der Waals surface area contributed by atoms with Crippen LogP contribution in [0.1, 0.15) is 31.8 Å². The van der Waals surface area contributed by atoms with Crippen LogP contribution in [0.5, 0.6) is 0 Å². The number of hydrogen-bond acceptors (Lipinski definition) is 4. The molecule has 144 valence electrons. The summed E-state index contributed by atoms with van der Waals surface area (Å²) in [5.74, 6) is -1.90. The molecule has 3 rings (SSSR count). The quantitative estimate of drug-likeness (QED) is 0.456. The van der Waals surface area contributed by atoms with Crippen molar-refractivity contribution in [1.29, 1.82) is 0 Å². The van der Waals surface area contributed by atoms with Gasteiger partial charge in [-0.3, -0.25) is 14.5 Å². The third kappa shape index (κ3) is 3.66. The van der Waals surface area contributed by atoms with E-state index in [0.29, 0.717) is 5.56 Å². The van der Waals surface area contributed by atoms with Crippen LogP contribution in [-0.4, -0.2) is 36.3 Å². The maximum Gasteiger partial charge on any atom is 0.416 e. The summed E-state index contributed by atoms with van der Waals surface area (Å²) in [4.78, 5) is 37.9. The fourth-order valence-corrected chi connectivity index (χ4v) is 2.82. The predicted molar refractivity (Wildman–Crippen MR) is 93.2 cm³/mol. The van der Waals surface area contributed by atoms with E-state index in [4.69, 9.17) is 0 Å². The van der Waals surface area contributed by atoms with Gasteiger partial charge in [0.25, 0.3) is 11.8 Å². The molecule has 2 amide bonds. The summed E-state index contributed by atoms with van der Waals surface area (Å²) in [6.45, 7) is -0.361. The maximum absolute atomic E-state index is 12.7. The van der Waals surface area contributed by atoms with Crippen molar-refractivity contribution in [2.75, 3.05) is 13.7 Å². The van der Waals surface area contributed by atoms with Crippen LogP contribution in [0.25, 0.3) is 6.08 Å². The van der Waals surface area contributed by atoms with Crippen molar-refractivity contribution in [3.05, 3.63) is 76.4 Å². The lowest BCUT2D eigenvalue weighted by atomic mass is 10.1. The Bertz CT molecular complexity index is 943. The van der Waals surface area contributed by atoms with Crippen LogP contribution in [0.15, 0.2) is 54.1 Å². The largest absolute Gasteiger partial charge is 0.466 e. The van der Waals surface area contributed by atoms with Gasteiger partial charge in [-0.1, -0.05) is 24.3 Å². The highest BCUT2D eigenvalue weighted by Crippen LogP contribution is 2.29.